The van der Waals surface area contributed by atoms with E-state index in [1.807, 2.05) is 47.4 Å². The van der Waals surface area contributed by atoms with E-state index in [1.165, 1.54) is 5.69 Å². The van der Waals surface area contributed by atoms with Gasteiger partial charge < -0.3 is 9.80 Å². The number of hydrogen-bond donors (Lipinski definition) is 0. The van der Waals surface area contributed by atoms with Gasteiger partial charge in [-0.15, -0.1) is 0 Å². The Hall–Kier alpha value is -2.42. The Morgan fingerprint density at radius 3 is 2.03 bits per heavy atom. The van der Waals surface area contributed by atoms with E-state index in [0.717, 1.165) is 56.9 Å². The lowest BCUT2D eigenvalue weighted by Crippen LogP contribution is -2.49. The predicted octanol–water partition coefficient (Wildman–Crippen LogP) is 2.12. The van der Waals surface area contributed by atoms with Crippen molar-refractivity contribution in [1.29, 1.82) is 0 Å². The summed E-state index contributed by atoms with van der Waals surface area (Å²) < 4.78 is 25.6. The number of carbonyl (C=O) groups is 1. The number of para-hydroxylation sites is 1. The number of anilines is 1. The van der Waals surface area contributed by atoms with Gasteiger partial charge in [0.25, 0.3) is 5.91 Å². The molecule has 4 rings (SSSR count). The zero-order valence-electron chi connectivity index (χ0n) is 18.7. The Balaban J connectivity index is 1.27. The third-order valence-corrected chi connectivity index (χ3v) is 8.27. The lowest BCUT2D eigenvalue weighted by Gasteiger charge is -2.36. The summed E-state index contributed by atoms with van der Waals surface area (Å²) in [5.41, 5.74) is 3.07. The smallest absolute Gasteiger partial charge is 0.253 e. The molecular formula is C24H32N4O3S. The highest BCUT2D eigenvalue weighted by atomic mass is 32.2. The van der Waals surface area contributed by atoms with Crippen LogP contribution in [0.25, 0.3) is 0 Å². The molecule has 2 saturated heterocycles. The molecule has 0 aromatic heterocycles. The first-order valence-corrected chi connectivity index (χ1v) is 13.0. The Kier molecular flexibility index (Phi) is 7.13. The summed E-state index contributed by atoms with van der Waals surface area (Å²) in [5, 5.41) is 0. The predicted molar refractivity (Wildman–Crippen MR) is 127 cm³/mol. The molecule has 0 atom stereocenters. The molecule has 0 unspecified atom stereocenters. The fraction of sp³-hybridized carbons (Fsp3) is 0.458. The summed E-state index contributed by atoms with van der Waals surface area (Å²) in [6.45, 7) is 8.13. The first-order chi connectivity index (χ1) is 15.5. The Morgan fingerprint density at radius 1 is 0.812 bits per heavy atom. The number of hydrogen-bond acceptors (Lipinski definition) is 5. The van der Waals surface area contributed by atoms with Crippen molar-refractivity contribution in [2.24, 2.45) is 0 Å². The van der Waals surface area contributed by atoms with Crippen LogP contribution < -0.4 is 4.90 Å². The highest BCUT2D eigenvalue weighted by molar-refractivity contribution is 7.89. The summed E-state index contributed by atoms with van der Waals surface area (Å²) in [6.07, 6.45) is 0. The van der Waals surface area contributed by atoms with Crippen molar-refractivity contribution in [2.75, 3.05) is 63.0 Å². The lowest BCUT2D eigenvalue weighted by atomic mass is 10.1. The molecule has 2 fully saturated rings. The van der Waals surface area contributed by atoms with Gasteiger partial charge in [-0.3, -0.25) is 9.69 Å². The quantitative estimate of drug-likeness (QED) is 0.666. The SMILES string of the molecule is CCS(=O)(=O)N1CCN(Cc2ccc(C(=O)N3CCN(c4ccccc4)CC3)cc2)CC1. The Labute approximate surface area is 191 Å². The number of amides is 1. The number of nitrogens with zero attached hydrogens (tertiary/aromatic N) is 4. The van der Waals surface area contributed by atoms with Crippen molar-refractivity contribution in [3.05, 3.63) is 65.7 Å². The van der Waals surface area contributed by atoms with Gasteiger partial charge in [-0.05, 0) is 36.8 Å². The van der Waals surface area contributed by atoms with E-state index in [4.69, 9.17) is 0 Å². The standard InChI is InChI=1S/C24H32N4O3S/c1-2-32(30,31)28-18-12-25(13-19-28)20-21-8-10-22(11-9-21)24(29)27-16-14-26(15-17-27)23-6-4-3-5-7-23/h3-11H,2,12-20H2,1H3. The van der Waals surface area contributed by atoms with Gasteiger partial charge in [-0.1, -0.05) is 30.3 Å². The largest absolute Gasteiger partial charge is 0.368 e. The molecule has 2 aromatic rings. The average Bonchev–Trinajstić information content (AvgIpc) is 2.85. The van der Waals surface area contributed by atoms with Gasteiger partial charge in [0.15, 0.2) is 0 Å². The molecule has 0 radical (unpaired) electrons. The van der Waals surface area contributed by atoms with E-state index in [2.05, 4.69) is 21.9 Å². The van der Waals surface area contributed by atoms with Crippen molar-refractivity contribution < 1.29 is 13.2 Å². The van der Waals surface area contributed by atoms with E-state index in [9.17, 15) is 13.2 Å². The zero-order valence-corrected chi connectivity index (χ0v) is 19.5. The van der Waals surface area contributed by atoms with Crippen LogP contribution in [-0.2, 0) is 16.6 Å². The maximum absolute atomic E-state index is 12.9. The highest BCUT2D eigenvalue weighted by Gasteiger charge is 2.26. The van der Waals surface area contributed by atoms with E-state index in [0.29, 0.717) is 13.1 Å². The third kappa shape index (κ3) is 5.31. The van der Waals surface area contributed by atoms with Crippen molar-refractivity contribution in [3.8, 4) is 0 Å². The van der Waals surface area contributed by atoms with Crippen LogP contribution in [0.15, 0.2) is 54.6 Å². The van der Waals surface area contributed by atoms with Gasteiger partial charge in [-0.2, -0.15) is 4.31 Å². The first-order valence-electron chi connectivity index (χ1n) is 11.3. The molecule has 2 aromatic carbocycles. The fourth-order valence-electron chi connectivity index (χ4n) is 4.35. The molecular weight excluding hydrogens is 424 g/mol. The minimum Gasteiger partial charge on any atom is -0.368 e. The molecule has 0 saturated carbocycles. The number of rotatable bonds is 6. The number of carbonyl (C=O) groups excluding carboxylic acids is 1. The molecule has 2 aliphatic heterocycles. The van der Waals surface area contributed by atoms with Gasteiger partial charge in [-0.25, -0.2) is 8.42 Å². The maximum Gasteiger partial charge on any atom is 0.253 e. The van der Waals surface area contributed by atoms with Crippen molar-refractivity contribution in [1.82, 2.24) is 14.1 Å². The monoisotopic (exact) mass is 456 g/mol. The molecule has 8 heteroatoms. The number of piperazine rings is 2. The van der Waals surface area contributed by atoms with Crippen LogP contribution in [0.4, 0.5) is 5.69 Å². The van der Waals surface area contributed by atoms with Crippen LogP contribution >= 0.6 is 0 Å². The zero-order chi connectivity index (χ0) is 22.6. The Bertz CT molecular complexity index is 995. The summed E-state index contributed by atoms with van der Waals surface area (Å²) in [5.74, 6) is 0.242. The molecule has 0 aliphatic carbocycles. The molecule has 32 heavy (non-hydrogen) atoms. The highest BCUT2D eigenvalue weighted by Crippen LogP contribution is 2.18. The molecule has 2 aliphatic rings. The van der Waals surface area contributed by atoms with Crippen LogP contribution in [0.5, 0.6) is 0 Å². The number of benzene rings is 2. The minimum absolute atomic E-state index is 0.0858. The maximum atomic E-state index is 12.9. The number of sulfonamides is 1. The summed E-state index contributed by atoms with van der Waals surface area (Å²) >= 11 is 0. The summed E-state index contributed by atoms with van der Waals surface area (Å²) in [6, 6.07) is 18.2. The van der Waals surface area contributed by atoms with Crippen molar-refractivity contribution in [2.45, 2.75) is 13.5 Å². The minimum atomic E-state index is -3.10. The van der Waals surface area contributed by atoms with Crippen LogP contribution in [0.1, 0.15) is 22.8 Å². The van der Waals surface area contributed by atoms with Crippen LogP contribution in [0, 0.1) is 0 Å². The van der Waals surface area contributed by atoms with Gasteiger partial charge in [0.2, 0.25) is 10.0 Å². The molecule has 0 spiro atoms. The first kappa shape index (κ1) is 22.8. The molecule has 172 valence electrons. The van der Waals surface area contributed by atoms with Gasteiger partial charge in [0, 0.05) is 70.2 Å². The topological polar surface area (TPSA) is 64.2 Å². The van der Waals surface area contributed by atoms with Crippen molar-refractivity contribution in [3.63, 3.8) is 0 Å². The van der Waals surface area contributed by atoms with Gasteiger partial charge >= 0.3 is 0 Å². The van der Waals surface area contributed by atoms with E-state index in [1.54, 1.807) is 11.2 Å². The Morgan fingerprint density at radius 2 is 1.44 bits per heavy atom. The molecule has 0 N–H and O–H groups in total. The van der Waals surface area contributed by atoms with E-state index >= 15 is 0 Å². The van der Waals surface area contributed by atoms with E-state index in [-0.39, 0.29) is 11.7 Å². The summed E-state index contributed by atoms with van der Waals surface area (Å²) in [7, 11) is -3.10. The molecule has 2 heterocycles. The molecule has 0 bridgehead atoms. The molecule has 7 nitrogen and oxygen atoms in total. The fourth-order valence-corrected chi connectivity index (χ4v) is 5.43. The van der Waals surface area contributed by atoms with Crippen molar-refractivity contribution >= 4 is 21.6 Å². The second-order valence-electron chi connectivity index (χ2n) is 8.39. The lowest BCUT2D eigenvalue weighted by molar-refractivity contribution is 0.0746. The normalized spacial score (nSPS) is 18.7. The van der Waals surface area contributed by atoms with E-state index < -0.39 is 10.0 Å². The third-order valence-electron chi connectivity index (χ3n) is 6.38. The van der Waals surface area contributed by atoms with Crippen LogP contribution in [0.2, 0.25) is 0 Å². The van der Waals surface area contributed by atoms with Crippen LogP contribution in [0.3, 0.4) is 0 Å². The second-order valence-corrected chi connectivity index (χ2v) is 10.6. The average molecular weight is 457 g/mol. The van der Waals surface area contributed by atoms with Crippen LogP contribution in [-0.4, -0.2) is 86.5 Å². The molecule has 1 amide bonds. The summed E-state index contributed by atoms with van der Waals surface area (Å²) in [4.78, 5) is 19.5. The second kappa shape index (κ2) is 10.0. The van der Waals surface area contributed by atoms with Gasteiger partial charge in [0.05, 0.1) is 5.75 Å². The van der Waals surface area contributed by atoms with Gasteiger partial charge in [0.1, 0.15) is 0 Å².